The van der Waals surface area contributed by atoms with Crippen LogP contribution in [0.2, 0.25) is 49.4 Å². The van der Waals surface area contributed by atoms with Gasteiger partial charge in [-0.15, -0.1) is 0 Å². The Labute approximate surface area is 164 Å². The first-order valence-electron chi connectivity index (χ1n) is 9.01. The highest BCUT2D eigenvalue weighted by molar-refractivity contribution is 6.80. The molecule has 0 bridgehead atoms. The quantitative estimate of drug-likeness (QED) is 0.404. The predicted molar refractivity (Wildman–Crippen MR) is 116 cm³/mol. The number of aliphatic carboxylic acids is 2. The van der Waals surface area contributed by atoms with Crippen LogP contribution in [0.3, 0.4) is 0 Å². The SMILES string of the molecule is C[SiH2]O[Si](C)(C)C(C)(C)C(C(=O)O)=C(C(=O)O)C(C)(C)[Si](C)(C)O[SiH2]C. The summed E-state index contributed by atoms with van der Waals surface area (Å²) in [6.07, 6.45) is 0. The highest BCUT2D eigenvalue weighted by Crippen LogP contribution is 2.53. The van der Waals surface area contributed by atoms with Crippen LogP contribution in [-0.4, -0.2) is 58.3 Å². The van der Waals surface area contributed by atoms with E-state index in [1.165, 1.54) is 0 Å². The highest BCUT2D eigenvalue weighted by Gasteiger charge is 2.53. The molecule has 0 aliphatic heterocycles. The Morgan fingerprint density at radius 2 is 0.962 bits per heavy atom. The summed E-state index contributed by atoms with van der Waals surface area (Å²) in [7, 11) is -6.46. The zero-order valence-corrected chi connectivity index (χ0v) is 22.8. The highest BCUT2D eigenvalue weighted by atomic mass is 28.4. The van der Waals surface area contributed by atoms with Crippen molar-refractivity contribution in [3.8, 4) is 0 Å². The minimum Gasteiger partial charge on any atom is -0.478 e. The Bertz CT molecular complexity index is 531. The van der Waals surface area contributed by atoms with Gasteiger partial charge in [0.15, 0.2) is 16.6 Å². The van der Waals surface area contributed by atoms with Crippen LogP contribution in [0.1, 0.15) is 27.7 Å². The molecule has 0 heterocycles. The lowest BCUT2D eigenvalue weighted by molar-refractivity contribution is -0.136. The second kappa shape index (κ2) is 8.65. The van der Waals surface area contributed by atoms with E-state index in [4.69, 9.17) is 8.23 Å². The molecule has 6 nitrogen and oxygen atoms in total. The maximum absolute atomic E-state index is 12.3. The molecule has 0 aliphatic rings. The summed E-state index contributed by atoms with van der Waals surface area (Å²) < 4.78 is 12.2. The summed E-state index contributed by atoms with van der Waals surface area (Å²) in [5.41, 5.74) is -0.0628. The molecular formula is C16H36O6Si4. The first kappa shape index (κ1) is 25.5. The standard InChI is InChI=1S/C16H36O6Si4/c1-15(2,25(7,8)21-23-5)11(13(17)18)12(14(19)20)16(3,4)26(9,10)22-24-6/h23-24H2,1-10H3,(H,17,18)(H,19,20). The fourth-order valence-corrected chi connectivity index (χ4v) is 13.4. The maximum Gasteiger partial charge on any atom is 0.332 e. The molecule has 0 aliphatic carbocycles. The van der Waals surface area contributed by atoms with E-state index in [-0.39, 0.29) is 11.1 Å². The molecule has 0 aromatic rings. The van der Waals surface area contributed by atoms with Crippen molar-refractivity contribution in [2.24, 2.45) is 0 Å². The summed E-state index contributed by atoms with van der Waals surface area (Å²) in [5, 5.41) is 18.4. The average Bonchev–Trinajstić information content (AvgIpc) is 2.42. The van der Waals surface area contributed by atoms with Gasteiger partial charge in [0.1, 0.15) is 19.5 Å². The van der Waals surface area contributed by atoms with E-state index >= 15 is 0 Å². The van der Waals surface area contributed by atoms with Gasteiger partial charge in [-0.3, -0.25) is 0 Å². The number of hydrogen-bond acceptors (Lipinski definition) is 4. The molecule has 0 amide bonds. The van der Waals surface area contributed by atoms with Crippen LogP contribution in [0.5, 0.6) is 0 Å². The van der Waals surface area contributed by atoms with Gasteiger partial charge in [-0.1, -0.05) is 40.8 Å². The Kier molecular flexibility index (Phi) is 8.47. The average molecular weight is 437 g/mol. The van der Waals surface area contributed by atoms with E-state index in [0.29, 0.717) is 0 Å². The lowest BCUT2D eigenvalue weighted by atomic mass is 9.89. The van der Waals surface area contributed by atoms with Crippen molar-refractivity contribution in [2.45, 2.75) is 77.1 Å². The Morgan fingerprint density at radius 1 is 0.731 bits per heavy atom. The lowest BCUT2D eigenvalue weighted by Gasteiger charge is -2.45. The van der Waals surface area contributed by atoms with Crippen LogP contribution >= 0.6 is 0 Å². The van der Waals surface area contributed by atoms with Crippen molar-refractivity contribution in [3.05, 3.63) is 11.1 Å². The third kappa shape index (κ3) is 4.84. The number of carboxylic acid groups (broad SMARTS) is 2. The van der Waals surface area contributed by atoms with Gasteiger partial charge in [-0.25, -0.2) is 9.59 Å². The molecule has 0 spiro atoms. The third-order valence-electron chi connectivity index (χ3n) is 5.95. The van der Waals surface area contributed by atoms with E-state index in [9.17, 15) is 19.8 Å². The van der Waals surface area contributed by atoms with Crippen molar-refractivity contribution >= 4 is 48.1 Å². The topological polar surface area (TPSA) is 93.1 Å². The van der Waals surface area contributed by atoms with Gasteiger partial charge in [-0.2, -0.15) is 0 Å². The molecule has 0 aromatic heterocycles. The number of hydrogen-bond donors (Lipinski definition) is 2. The van der Waals surface area contributed by atoms with Crippen molar-refractivity contribution in [1.82, 2.24) is 0 Å². The molecular weight excluding hydrogens is 401 g/mol. The van der Waals surface area contributed by atoms with Gasteiger partial charge in [0.25, 0.3) is 0 Å². The fraction of sp³-hybridized carbons (Fsp3) is 0.750. The molecule has 2 N–H and O–H groups in total. The Balaban J connectivity index is 6.95. The first-order chi connectivity index (χ1) is 11.5. The van der Waals surface area contributed by atoms with E-state index in [1.54, 1.807) is 0 Å². The summed E-state index contributed by atoms with van der Waals surface area (Å²) in [6, 6.07) is 0. The van der Waals surface area contributed by atoms with Gasteiger partial charge in [0.05, 0.1) is 11.1 Å². The molecule has 0 atom stereocenters. The molecule has 0 saturated carbocycles. The van der Waals surface area contributed by atoms with E-state index in [2.05, 4.69) is 0 Å². The van der Waals surface area contributed by atoms with Gasteiger partial charge >= 0.3 is 11.9 Å². The minimum absolute atomic E-state index is 0.0314. The van der Waals surface area contributed by atoms with E-state index in [0.717, 1.165) is 0 Å². The number of carboxylic acids is 2. The zero-order chi connectivity index (χ0) is 21.1. The molecule has 10 heteroatoms. The van der Waals surface area contributed by atoms with Gasteiger partial charge in [0, 0.05) is 10.1 Å². The van der Waals surface area contributed by atoms with Crippen LogP contribution in [-0.2, 0) is 17.8 Å². The predicted octanol–water partition coefficient (Wildman–Crippen LogP) is 2.72. The maximum atomic E-state index is 12.3. The molecule has 0 fully saturated rings. The first-order valence-corrected chi connectivity index (χ1v) is 18.8. The zero-order valence-electron chi connectivity index (χ0n) is 17.9. The smallest absolute Gasteiger partial charge is 0.332 e. The van der Waals surface area contributed by atoms with Crippen LogP contribution in [0, 0.1) is 0 Å². The molecule has 0 radical (unpaired) electrons. The summed E-state index contributed by atoms with van der Waals surface area (Å²) in [6.45, 7) is 19.2. The summed E-state index contributed by atoms with van der Waals surface area (Å²) in [5.74, 6) is -2.36. The van der Waals surface area contributed by atoms with Gasteiger partial charge in [0.2, 0.25) is 0 Å². The van der Waals surface area contributed by atoms with Crippen LogP contribution in [0.15, 0.2) is 11.1 Å². The van der Waals surface area contributed by atoms with Crippen molar-refractivity contribution in [3.63, 3.8) is 0 Å². The monoisotopic (exact) mass is 436 g/mol. The van der Waals surface area contributed by atoms with Crippen LogP contribution in [0.25, 0.3) is 0 Å². The third-order valence-corrected chi connectivity index (χ3v) is 20.6. The van der Waals surface area contributed by atoms with Crippen LogP contribution < -0.4 is 0 Å². The molecule has 0 aromatic carbocycles. The van der Waals surface area contributed by atoms with Crippen molar-refractivity contribution < 1.29 is 28.0 Å². The van der Waals surface area contributed by atoms with E-state index in [1.807, 2.05) is 67.0 Å². The van der Waals surface area contributed by atoms with Crippen LogP contribution in [0.4, 0.5) is 0 Å². The number of carbonyl (C=O) groups is 2. The minimum atomic E-state index is -2.48. The lowest BCUT2D eigenvalue weighted by Crippen LogP contribution is -2.50. The summed E-state index contributed by atoms with van der Waals surface area (Å²) in [4.78, 5) is 24.6. The fourth-order valence-electron chi connectivity index (χ4n) is 3.06. The molecule has 0 saturated heterocycles. The largest absolute Gasteiger partial charge is 0.478 e. The second-order valence-corrected chi connectivity index (χ2v) is 20.5. The van der Waals surface area contributed by atoms with Crippen molar-refractivity contribution in [2.75, 3.05) is 0 Å². The summed E-state index contributed by atoms with van der Waals surface area (Å²) >= 11 is 0. The molecule has 0 unspecified atom stereocenters. The van der Waals surface area contributed by atoms with Gasteiger partial charge < -0.3 is 18.4 Å². The van der Waals surface area contributed by atoms with E-state index < -0.39 is 58.2 Å². The Hall–Kier alpha value is -0.532. The normalized spacial score (nSPS) is 15.8. The molecule has 26 heavy (non-hydrogen) atoms. The second-order valence-electron chi connectivity index (χ2n) is 8.50. The van der Waals surface area contributed by atoms with Crippen molar-refractivity contribution in [1.29, 1.82) is 0 Å². The number of rotatable bonds is 10. The molecule has 152 valence electrons. The molecule has 0 rings (SSSR count). The van der Waals surface area contributed by atoms with Gasteiger partial charge in [-0.05, 0) is 26.2 Å². The Morgan fingerprint density at radius 3 is 1.12 bits per heavy atom.